The summed E-state index contributed by atoms with van der Waals surface area (Å²) in [5.41, 5.74) is 1.94. The van der Waals surface area contributed by atoms with Crippen LogP contribution in [-0.2, 0) is 18.5 Å². The van der Waals surface area contributed by atoms with Crippen molar-refractivity contribution < 1.29 is 4.79 Å². The molecule has 2 aromatic rings. The van der Waals surface area contributed by atoms with Crippen LogP contribution >= 0.6 is 0 Å². The summed E-state index contributed by atoms with van der Waals surface area (Å²) in [6, 6.07) is 7.86. The summed E-state index contributed by atoms with van der Waals surface area (Å²) in [7, 11) is 1.88. The maximum absolute atomic E-state index is 12.5. The zero-order valence-electron chi connectivity index (χ0n) is 15.5. The standard InChI is InChI=1S/C19H26N4O2/c1-12-15(17(25)23-18(22-12)19(2,3)4)16(24)21-11-14-9-7-6-8-13(14)10-20-5/h6-9,20H,10-11H2,1-5H3,(H,21,24)(H,22,23,25). The van der Waals surface area contributed by atoms with Gasteiger partial charge in [-0.25, -0.2) is 4.98 Å². The fourth-order valence-electron chi connectivity index (χ4n) is 2.57. The molecule has 1 heterocycles. The van der Waals surface area contributed by atoms with Crippen LogP contribution in [0.3, 0.4) is 0 Å². The Morgan fingerprint density at radius 2 is 1.76 bits per heavy atom. The summed E-state index contributed by atoms with van der Waals surface area (Å²) >= 11 is 0. The van der Waals surface area contributed by atoms with E-state index in [1.54, 1.807) is 6.92 Å². The van der Waals surface area contributed by atoms with E-state index in [0.717, 1.165) is 11.1 Å². The van der Waals surface area contributed by atoms with Crippen LogP contribution in [0.1, 0.15) is 53.8 Å². The summed E-state index contributed by atoms with van der Waals surface area (Å²) in [4.78, 5) is 32.0. The largest absolute Gasteiger partial charge is 0.348 e. The molecule has 0 bridgehead atoms. The maximum atomic E-state index is 12.5. The van der Waals surface area contributed by atoms with Crippen LogP contribution in [0.15, 0.2) is 29.1 Å². The first kappa shape index (κ1) is 18.9. The van der Waals surface area contributed by atoms with Gasteiger partial charge in [0.15, 0.2) is 0 Å². The molecule has 25 heavy (non-hydrogen) atoms. The van der Waals surface area contributed by atoms with E-state index < -0.39 is 11.5 Å². The SMILES string of the molecule is CNCc1ccccc1CNC(=O)c1c(C)nc(C(C)(C)C)[nH]c1=O. The molecule has 3 N–H and O–H groups in total. The third-order valence-electron chi connectivity index (χ3n) is 3.96. The fourth-order valence-corrected chi connectivity index (χ4v) is 2.57. The van der Waals surface area contributed by atoms with Crippen LogP contribution < -0.4 is 16.2 Å². The van der Waals surface area contributed by atoms with Gasteiger partial charge in [0, 0.05) is 18.5 Å². The number of hydrogen-bond donors (Lipinski definition) is 3. The molecule has 2 rings (SSSR count). The average Bonchev–Trinajstić information content (AvgIpc) is 2.52. The number of H-pyrrole nitrogens is 1. The van der Waals surface area contributed by atoms with Crippen LogP contribution in [0.25, 0.3) is 0 Å². The molecule has 1 aromatic heterocycles. The first-order valence-corrected chi connectivity index (χ1v) is 8.35. The van der Waals surface area contributed by atoms with Gasteiger partial charge in [-0.05, 0) is 25.1 Å². The average molecular weight is 342 g/mol. The Hall–Kier alpha value is -2.47. The highest BCUT2D eigenvalue weighted by molar-refractivity contribution is 5.94. The number of hydrogen-bond acceptors (Lipinski definition) is 4. The van der Waals surface area contributed by atoms with Crippen LogP contribution in [0.2, 0.25) is 0 Å². The predicted octanol–water partition coefficient (Wildman–Crippen LogP) is 2.03. The Morgan fingerprint density at radius 3 is 2.28 bits per heavy atom. The number of benzene rings is 1. The number of aromatic amines is 1. The molecule has 0 spiro atoms. The summed E-state index contributed by atoms with van der Waals surface area (Å²) in [5.74, 6) is 0.164. The second-order valence-corrected chi connectivity index (χ2v) is 7.11. The zero-order valence-corrected chi connectivity index (χ0v) is 15.5. The Morgan fingerprint density at radius 1 is 1.16 bits per heavy atom. The molecule has 134 valence electrons. The van der Waals surface area contributed by atoms with Crippen LogP contribution in [-0.4, -0.2) is 22.9 Å². The van der Waals surface area contributed by atoms with Crippen LogP contribution in [0.5, 0.6) is 0 Å². The molecule has 0 saturated carbocycles. The van der Waals surface area contributed by atoms with Gasteiger partial charge in [-0.15, -0.1) is 0 Å². The highest BCUT2D eigenvalue weighted by atomic mass is 16.2. The van der Waals surface area contributed by atoms with Gasteiger partial charge in [-0.1, -0.05) is 45.0 Å². The van der Waals surface area contributed by atoms with E-state index in [1.165, 1.54) is 0 Å². The molecule has 1 aromatic carbocycles. The van der Waals surface area contributed by atoms with E-state index in [1.807, 2.05) is 52.1 Å². The Bertz CT molecular complexity index is 819. The molecule has 1 amide bonds. The highest BCUT2D eigenvalue weighted by Crippen LogP contribution is 2.17. The number of rotatable bonds is 5. The Balaban J connectivity index is 2.21. The van der Waals surface area contributed by atoms with Crippen molar-refractivity contribution in [3.63, 3.8) is 0 Å². The van der Waals surface area contributed by atoms with E-state index in [0.29, 0.717) is 24.6 Å². The van der Waals surface area contributed by atoms with Gasteiger partial charge in [-0.3, -0.25) is 9.59 Å². The van der Waals surface area contributed by atoms with E-state index in [-0.39, 0.29) is 11.0 Å². The monoisotopic (exact) mass is 342 g/mol. The van der Waals surface area contributed by atoms with Crippen molar-refractivity contribution in [1.82, 2.24) is 20.6 Å². The van der Waals surface area contributed by atoms with Crippen molar-refractivity contribution in [2.75, 3.05) is 7.05 Å². The van der Waals surface area contributed by atoms with E-state index in [4.69, 9.17) is 0 Å². The molecule has 0 aliphatic heterocycles. The van der Waals surface area contributed by atoms with Crippen molar-refractivity contribution in [1.29, 1.82) is 0 Å². The van der Waals surface area contributed by atoms with E-state index >= 15 is 0 Å². The van der Waals surface area contributed by atoms with Gasteiger partial charge in [0.1, 0.15) is 11.4 Å². The first-order valence-electron chi connectivity index (χ1n) is 8.35. The number of nitrogens with one attached hydrogen (secondary N) is 3. The third kappa shape index (κ3) is 4.54. The quantitative estimate of drug-likeness (QED) is 0.776. The number of carbonyl (C=O) groups excluding carboxylic acids is 1. The molecule has 0 fully saturated rings. The van der Waals surface area contributed by atoms with Crippen molar-refractivity contribution >= 4 is 5.91 Å². The highest BCUT2D eigenvalue weighted by Gasteiger charge is 2.22. The number of amides is 1. The number of aromatic nitrogens is 2. The van der Waals surface area contributed by atoms with Crippen molar-refractivity contribution in [2.45, 2.75) is 46.2 Å². The van der Waals surface area contributed by atoms with Crippen LogP contribution in [0.4, 0.5) is 0 Å². The topological polar surface area (TPSA) is 86.9 Å². The lowest BCUT2D eigenvalue weighted by Gasteiger charge is -2.18. The minimum absolute atomic E-state index is 0.0686. The van der Waals surface area contributed by atoms with Gasteiger partial charge >= 0.3 is 0 Å². The number of aryl methyl sites for hydroxylation is 1. The fraction of sp³-hybridized carbons (Fsp3) is 0.421. The van der Waals surface area contributed by atoms with Crippen LogP contribution in [0, 0.1) is 6.92 Å². The van der Waals surface area contributed by atoms with Gasteiger partial charge in [0.25, 0.3) is 11.5 Å². The summed E-state index contributed by atoms with van der Waals surface area (Å²) < 4.78 is 0. The Labute approximate surface area is 148 Å². The van der Waals surface area contributed by atoms with Gasteiger partial charge in [0.05, 0.1) is 5.69 Å². The smallest absolute Gasteiger partial charge is 0.264 e. The lowest BCUT2D eigenvalue weighted by atomic mass is 9.95. The molecule has 0 atom stereocenters. The lowest BCUT2D eigenvalue weighted by molar-refractivity contribution is 0.0948. The van der Waals surface area contributed by atoms with Crippen molar-refractivity contribution in [3.8, 4) is 0 Å². The van der Waals surface area contributed by atoms with E-state index in [9.17, 15) is 9.59 Å². The minimum Gasteiger partial charge on any atom is -0.348 e. The molecule has 6 nitrogen and oxygen atoms in total. The van der Waals surface area contributed by atoms with Gasteiger partial charge < -0.3 is 15.6 Å². The number of nitrogens with zero attached hydrogens (tertiary/aromatic N) is 1. The molecular formula is C19H26N4O2. The minimum atomic E-state index is -0.411. The molecular weight excluding hydrogens is 316 g/mol. The van der Waals surface area contributed by atoms with Gasteiger partial charge in [-0.2, -0.15) is 0 Å². The summed E-state index contributed by atoms with van der Waals surface area (Å²) in [5, 5.41) is 5.93. The normalized spacial score (nSPS) is 11.4. The molecule has 6 heteroatoms. The molecule has 0 aliphatic carbocycles. The number of carbonyl (C=O) groups is 1. The molecule has 0 aliphatic rings. The van der Waals surface area contributed by atoms with Gasteiger partial charge in [0.2, 0.25) is 0 Å². The molecule has 0 unspecified atom stereocenters. The second-order valence-electron chi connectivity index (χ2n) is 7.11. The van der Waals surface area contributed by atoms with Crippen molar-refractivity contribution in [2.24, 2.45) is 0 Å². The zero-order chi connectivity index (χ0) is 18.6. The third-order valence-corrected chi connectivity index (χ3v) is 3.96. The first-order chi connectivity index (χ1) is 11.7. The maximum Gasteiger partial charge on any atom is 0.264 e. The summed E-state index contributed by atoms with van der Waals surface area (Å²) in [6.45, 7) is 8.65. The molecule has 0 saturated heterocycles. The second kappa shape index (κ2) is 7.61. The Kier molecular flexibility index (Phi) is 5.74. The predicted molar refractivity (Wildman–Crippen MR) is 98.7 cm³/mol. The lowest BCUT2D eigenvalue weighted by Crippen LogP contribution is -2.33. The van der Waals surface area contributed by atoms with Crippen molar-refractivity contribution in [3.05, 3.63) is 62.8 Å². The van der Waals surface area contributed by atoms with E-state index in [2.05, 4.69) is 20.6 Å². The summed E-state index contributed by atoms with van der Waals surface area (Å²) in [6.07, 6.45) is 0. The molecule has 0 radical (unpaired) electrons.